The Morgan fingerprint density at radius 2 is 1.15 bits per heavy atom. The maximum absolute atomic E-state index is 12.1. The molecule has 0 atom stereocenters. The lowest BCUT2D eigenvalue weighted by Crippen LogP contribution is -2.05. The Kier molecular flexibility index (Phi) is 6.94. The van der Waals surface area contributed by atoms with Gasteiger partial charge in [-0.05, 0) is 72.3 Å². The van der Waals surface area contributed by atoms with Crippen LogP contribution in [0.5, 0.6) is 11.5 Å². The van der Waals surface area contributed by atoms with Crippen molar-refractivity contribution in [1.82, 2.24) is 0 Å². The van der Waals surface area contributed by atoms with Gasteiger partial charge in [-0.25, -0.2) is 4.79 Å². The van der Waals surface area contributed by atoms with Gasteiger partial charge >= 0.3 is 5.97 Å². The van der Waals surface area contributed by atoms with Crippen molar-refractivity contribution in [2.24, 2.45) is 0 Å². The average Bonchev–Trinajstić information content (AvgIpc) is 2.88. The fraction of sp³-hybridized carbons (Fsp3) is 0.0333. The molecule has 0 unspecified atom stereocenters. The number of aromatic hydroxyl groups is 2. The third-order valence-electron chi connectivity index (χ3n) is 4.88. The van der Waals surface area contributed by atoms with Crippen LogP contribution in [0.15, 0.2) is 97.1 Å². The van der Waals surface area contributed by atoms with Gasteiger partial charge in [-0.2, -0.15) is 0 Å². The van der Waals surface area contributed by atoms with E-state index < -0.39 is 5.97 Å². The maximum atomic E-state index is 12.1. The normalized spacial score (nSPS) is 9.76. The van der Waals surface area contributed by atoms with Gasteiger partial charge in [-0.1, -0.05) is 54.0 Å². The van der Waals surface area contributed by atoms with Crippen LogP contribution >= 0.6 is 0 Å². The molecule has 0 fully saturated rings. The molecule has 0 radical (unpaired) electrons. The highest BCUT2D eigenvalue weighted by atomic mass is 16.5. The number of ether oxygens (including phenoxy) is 1. The van der Waals surface area contributed by atoms with Crippen molar-refractivity contribution >= 4 is 5.97 Å². The predicted molar refractivity (Wildman–Crippen MR) is 130 cm³/mol. The zero-order valence-electron chi connectivity index (χ0n) is 18.2. The van der Waals surface area contributed by atoms with Crippen molar-refractivity contribution in [3.8, 4) is 35.2 Å². The molecule has 0 aliphatic heterocycles. The molecule has 0 bridgehead atoms. The molecule has 4 heteroatoms. The van der Waals surface area contributed by atoms with E-state index in [9.17, 15) is 15.0 Å². The van der Waals surface area contributed by atoms with E-state index in [0.717, 1.165) is 27.8 Å². The number of rotatable bonds is 3. The van der Waals surface area contributed by atoms with E-state index in [-0.39, 0.29) is 23.7 Å². The topological polar surface area (TPSA) is 66.8 Å². The second kappa shape index (κ2) is 10.6. The molecule has 0 heterocycles. The molecule has 0 aliphatic rings. The van der Waals surface area contributed by atoms with Crippen LogP contribution in [0.2, 0.25) is 0 Å². The predicted octanol–water partition coefficient (Wildman–Crippen LogP) is 5.25. The van der Waals surface area contributed by atoms with Crippen molar-refractivity contribution in [2.45, 2.75) is 6.61 Å². The van der Waals surface area contributed by atoms with Gasteiger partial charge < -0.3 is 14.9 Å². The summed E-state index contributed by atoms with van der Waals surface area (Å²) >= 11 is 0. The summed E-state index contributed by atoms with van der Waals surface area (Å²) in [5.41, 5.74) is 4.30. The van der Waals surface area contributed by atoms with Crippen LogP contribution in [0.25, 0.3) is 0 Å². The number of phenolic OH excluding ortho intramolecular Hbond substituents is 2. The second-order valence-corrected chi connectivity index (χ2v) is 7.42. The molecule has 2 N–H and O–H groups in total. The summed E-state index contributed by atoms with van der Waals surface area (Å²) in [5, 5.41) is 19.2. The van der Waals surface area contributed by atoms with E-state index in [4.69, 9.17) is 4.74 Å². The average molecular weight is 444 g/mol. The van der Waals surface area contributed by atoms with Gasteiger partial charge in [0.25, 0.3) is 0 Å². The van der Waals surface area contributed by atoms with Crippen molar-refractivity contribution in [3.63, 3.8) is 0 Å². The van der Waals surface area contributed by atoms with Crippen LogP contribution in [-0.4, -0.2) is 16.2 Å². The van der Waals surface area contributed by atoms with Crippen molar-refractivity contribution in [2.75, 3.05) is 0 Å². The fourth-order valence-electron chi connectivity index (χ4n) is 3.05. The molecular weight excluding hydrogens is 424 g/mol. The summed E-state index contributed by atoms with van der Waals surface area (Å²) in [6.45, 7) is 0.0348. The first-order valence-corrected chi connectivity index (χ1v) is 10.5. The maximum Gasteiger partial charge on any atom is 0.342 e. The van der Waals surface area contributed by atoms with E-state index in [1.165, 1.54) is 18.2 Å². The number of hydrogen-bond donors (Lipinski definition) is 2. The molecule has 0 aliphatic carbocycles. The summed E-state index contributed by atoms with van der Waals surface area (Å²) in [5.74, 6) is 11.4. The number of carbonyl (C=O) groups is 1. The van der Waals surface area contributed by atoms with Gasteiger partial charge in [0.2, 0.25) is 0 Å². The number of phenols is 2. The van der Waals surface area contributed by atoms with Crippen LogP contribution in [0.3, 0.4) is 0 Å². The Morgan fingerprint density at radius 1 is 0.647 bits per heavy atom. The Bertz CT molecular complexity index is 1410. The third-order valence-corrected chi connectivity index (χ3v) is 4.88. The molecule has 0 spiro atoms. The Hall–Kier alpha value is -4.93. The SMILES string of the molecule is O=C(OCc1ccc(C#Cc2ccc(C#Cc3ccccc3)cc2)cc1)c1cc(O)ccc1O. The zero-order chi connectivity index (χ0) is 23.8. The van der Waals surface area contributed by atoms with Gasteiger partial charge in [0.1, 0.15) is 23.7 Å². The molecule has 0 amide bonds. The molecule has 4 aromatic carbocycles. The summed E-state index contributed by atoms with van der Waals surface area (Å²) in [6, 6.07) is 28.6. The Balaban J connectivity index is 1.34. The van der Waals surface area contributed by atoms with E-state index in [1.807, 2.05) is 78.9 Å². The molecule has 34 heavy (non-hydrogen) atoms. The molecule has 4 rings (SSSR count). The summed E-state index contributed by atoms with van der Waals surface area (Å²) in [6.07, 6.45) is 0. The number of hydrogen-bond acceptors (Lipinski definition) is 4. The molecule has 4 nitrogen and oxygen atoms in total. The van der Waals surface area contributed by atoms with Crippen LogP contribution < -0.4 is 0 Å². The highest BCUT2D eigenvalue weighted by Crippen LogP contribution is 2.23. The highest BCUT2D eigenvalue weighted by Gasteiger charge is 2.13. The fourth-order valence-corrected chi connectivity index (χ4v) is 3.05. The van der Waals surface area contributed by atoms with Gasteiger partial charge in [-0.3, -0.25) is 0 Å². The third kappa shape index (κ3) is 6.07. The number of benzene rings is 4. The van der Waals surface area contributed by atoms with Gasteiger partial charge in [0.15, 0.2) is 0 Å². The Labute approximate surface area is 198 Å². The minimum absolute atomic E-state index is 0.0348. The first-order valence-electron chi connectivity index (χ1n) is 10.5. The minimum atomic E-state index is -0.714. The van der Waals surface area contributed by atoms with Gasteiger partial charge in [0.05, 0.1) is 0 Å². The second-order valence-electron chi connectivity index (χ2n) is 7.42. The molecule has 0 saturated carbocycles. The summed E-state index contributed by atoms with van der Waals surface area (Å²) in [4.78, 5) is 12.1. The van der Waals surface area contributed by atoms with E-state index >= 15 is 0 Å². The van der Waals surface area contributed by atoms with E-state index in [1.54, 1.807) is 0 Å². The van der Waals surface area contributed by atoms with Crippen molar-refractivity contribution in [3.05, 3.63) is 130 Å². The standard InChI is InChI=1S/C30H20O4/c31-27-18-19-29(32)28(20-27)30(33)34-21-26-16-14-25(15-17-26)13-12-24-10-8-23(9-11-24)7-6-22-4-2-1-3-5-22/h1-5,8-11,14-20,31-32H,21H2. The van der Waals surface area contributed by atoms with Crippen LogP contribution in [-0.2, 0) is 11.3 Å². The van der Waals surface area contributed by atoms with Crippen molar-refractivity contribution in [1.29, 1.82) is 0 Å². The number of esters is 1. The quantitative estimate of drug-likeness (QED) is 0.257. The van der Waals surface area contributed by atoms with Crippen LogP contribution in [0.1, 0.15) is 38.2 Å². The molecular formula is C30H20O4. The summed E-state index contributed by atoms with van der Waals surface area (Å²) < 4.78 is 5.22. The molecule has 0 saturated heterocycles. The first kappa shape index (κ1) is 22.3. The van der Waals surface area contributed by atoms with Gasteiger partial charge in [-0.15, -0.1) is 0 Å². The first-order chi connectivity index (χ1) is 16.6. The van der Waals surface area contributed by atoms with Crippen molar-refractivity contribution < 1.29 is 19.7 Å². The lowest BCUT2D eigenvalue weighted by Gasteiger charge is -2.07. The lowest BCUT2D eigenvalue weighted by molar-refractivity contribution is 0.0469. The number of carbonyl (C=O) groups excluding carboxylic acids is 1. The highest BCUT2D eigenvalue weighted by molar-refractivity contribution is 5.92. The molecule has 0 aromatic heterocycles. The van der Waals surface area contributed by atoms with E-state index in [0.29, 0.717) is 0 Å². The van der Waals surface area contributed by atoms with Gasteiger partial charge in [0, 0.05) is 22.3 Å². The zero-order valence-corrected chi connectivity index (χ0v) is 18.2. The Morgan fingerprint density at radius 3 is 1.71 bits per heavy atom. The lowest BCUT2D eigenvalue weighted by atomic mass is 10.1. The minimum Gasteiger partial charge on any atom is -0.508 e. The van der Waals surface area contributed by atoms with Crippen LogP contribution in [0.4, 0.5) is 0 Å². The molecule has 164 valence electrons. The smallest absolute Gasteiger partial charge is 0.342 e. The largest absolute Gasteiger partial charge is 0.508 e. The van der Waals surface area contributed by atoms with Crippen LogP contribution in [0, 0.1) is 23.7 Å². The van der Waals surface area contributed by atoms with E-state index in [2.05, 4.69) is 23.7 Å². The monoisotopic (exact) mass is 444 g/mol. The summed E-state index contributed by atoms with van der Waals surface area (Å²) in [7, 11) is 0. The molecule has 4 aromatic rings.